The van der Waals surface area contributed by atoms with Crippen LogP contribution in [-0.2, 0) is 26.5 Å². The van der Waals surface area contributed by atoms with Crippen LogP contribution in [0.2, 0.25) is 0 Å². The molecule has 9 rings (SSSR count). The van der Waals surface area contributed by atoms with Gasteiger partial charge in [0.05, 0.1) is 16.9 Å². The third-order valence-corrected chi connectivity index (χ3v) is 8.88. The van der Waals surface area contributed by atoms with Crippen molar-refractivity contribution in [2.24, 2.45) is 5.41 Å². The fraction of sp³-hybridized carbons (Fsp3) is 0.125. The molecular formula is C48H39IrN3-2. The quantitative estimate of drug-likeness (QED) is 0.165. The summed E-state index contributed by atoms with van der Waals surface area (Å²) in [5, 5.41) is 0. The first kappa shape index (κ1) is 29.2. The first-order valence-electron chi connectivity index (χ1n) is 19.6. The van der Waals surface area contributed by atoms with Gasteiger partial charge < -0.3 is 9.55 Å². The van der Waals surface area contributed by atoms with E-state index < -0.39 is 18.6 Å². The van der Waals surface area contributed by atoms with Gasteiger partial charge in [0.15, 0.2) is 0 Å². The van der Waals surface area contributed by atoms with Gasteiger partial charge in [-0.15, -0.1) is 71.8 Å². The molecule has 0 fully saturated rings. The van der Waals surface area contributed by atoms with Gasteiger partial charge in [-0.1, -0.05) is 105 Å². The van der Waals surface area contributed by atoms with Crippen molar-refractivity contribution in [2.45, 2.75) is 34.0 Å². The van der Waals surface area contributed by atoms with Gasteiger partial charge in [0.25, 0.3) is 0 Å². The summed E-state index contributed by atoms with van der Waals surface area (Å²) in [6.07, 6.45) is -0.550. The Kier molecular flexibility index (Phi) is 8.24. The smallest absolute Gasteiger partial charge is 0.0780 e. The molecule has 0 amide bonds. The van der Waals surface area contributed by atoms with Crippen LogP contribution in [0.3, 0.4) is 0 Å². The average Bonchev–Trinajstić information content (AvgIpc) is 3.55. The van der Waals surface area contributed by atoms with Crippen molar-refractivity contribution in [2.75, 3.05) is 0 Å². The van der Waals surface area contributed by atoms with Crippen LogP contribution >= 0.6 is 0 Å². The largest absolute Gasteiger partial charge is 0.332 e. The van der Waals surface area contributed by atoms with E-state index >= 15 is 0 Å². The number of imidazole rings is 1. The van der Waals surface area contributed by atoms with Crippen LogP contribution in [0.1, 0.15) is 38.8 Å². The Hall–Kier alpha value is -5.41. The molecule has 0 saturated carbocycles. The second-order valence-corrected chi connectivity index (χ2v) is 13.6. The molecule has 0 spiro atoms. The van der Waals surface area contributed by atoms with E-state index in [9.17, 15) is 0 Å². The molecule has 0 bridgehead atoms. The van der Waals surface area contributed by atoms with Gasteiger partial charge in [-0.3, -0.25) is 4.98 Å². The number of rotatable bonds is 4. The van der Waals surface area contributed by atoms with E-state index in [1.165, 1.54) is 39.6 Å². The van der Waals surface area contributed by atoms with Crippen LogP contribution in [0.25, 0.3) is 72.7 Å². The molecule has 257 valence electrons. The molecule has 1 aliphatic rings. The van der Waals surface area contributed by atoms with Crippen molar-refractivity contribution in [1.29, 1.82) is 0 Å². The van der Waals surface area contributed by atoms with Crippen LogP contribution in [0.15, 0.2) is 152 Å². The zero-order valence-electron chi connectivity index (χ0n) is 34.1. The summed E-state index contributed by atoms with van der Waals surface area (Å²) in [5.41, 5.74) is 12.2. The van der Waals surface area contributed by atoms with Gasteiger partial charge in [-0.25, -0.2) is 0 Å². The predicted molar refractivity (Wildman–Crippen MR) is 212 cm³/mol. The number of aromatic nitrogens is 3. The fourth-order valence-electron chi connectivity index (χ4n) is 6.66. The molecular weight excluding hydrogens is 811 g/mol. The molecule has 8 aromatic rings. The maximum atomic E-state index is 8.48. The topological polar surface area (TPSA) is 30.7 Å². The van der Waals surface area contributed by atoms with Gasteiger partial charge in [0.2, 0.25) is 0 Å². The molecule has 6 aromatic carbocycles. The van der Waals surface area contributed by atoms with E-state index in [4.69, 9.17) is 11.8 Å². The van der Waals surface area contributed by atoms with E-state index in [-0.39, 0.29) is 31.2 Å². The maximum Gasteiger partial charge on any atom is 0.0780 e. The number of pyridine rings is 1. The van der Waals surface area contributed by atoms with E-state index in [2.05, 4.69) is 119 Å². The molecule has 52 heavy (non-hydrogen) atoms. The van der Waals surface area contributed by atoms with Crippen molar-refractivity contribution in [1.82, 2.24) is 14.5 Å². The van der Waals surface area contributed by atoms with Crippen LogP contribution < -0.4 is 0 Å². The molecule has 3 nitrogen and oxygen atoms in total. The van der Waals surface area contributed by atoms with Gasteiger partial charge in [0.1, 0.15) is 0 Å². The molecule has 0 N–H and O–H groups in total. The standard InChI is InChI=1S/C31H19N2.C17H20N.Ir/c1-3-10-21(11-4-1)23-18-19-24-26-15-9-16-28-30(26)33(31(32-28)22-12-5-2-6-13-22)29-17-8-7-14-25(29)27(24)20-23;1-13-12-18-16(14-8-6-5-7-9-14)10-15(13)11-17(2,3)4;/h1-12,14-20H;5-8,10,12H,11H2,1-4H3;/q2*-1;/i;1D3,11D2;. The average molecular weight is 855 g/mol. The molecule has 3 heterocycles. The molecule has 0 unspecified atom stereocenters. The van der Waals surface area contributed by atoms with E-state index in [1.54, 1.807) is 32.9 Å². The number of aryl methyl sites for hydroxylation is 1. The SMILES string of the molecule is [2H]C([2H])([2H])c1cnc(-c2[c-]cccc2)cc1C([2H])([2H])C(C)(C)C.[Ir].[c-]1ccccc1-c1nc2cccc3c2n1-c1ccccc1-c1cc(-c2ccccc2)ccc1-3. The van der Waals surface area contributed by atoms with Crippen molar-refractivity contribution >= 4 is 11.0 Å². The predicted octanol–water partition coefficient (Wildman–Crippen LogP) is 12.3. The Morgan fingerprint density at radius 3 is 2.12 bits per heavy atom. The third-order valence-electron chi connectivity index (χ3n) is 8.88. The Labute approximate surface area is 327 Å². The molecule has 4 heteroatoms. The first-order valence-corrected chi connectivity index (χ1v) is 17.1. The molecule has 1 radical (unpaired) electrons. The summed E-state index contributed by atoms with van der Waals surface area (Å²) < 4.78 is 42.3. The Morgan fingerprint density at radius 2 is 1.38 bits per heavy atom. The van der Waals surface area contributed by atoms with Crippen LogP contribution in [-0.4, -0.2) is 14.5 Å². The number of nitrogens with zero attached hydrogens (tertiary/aromatic N) is 3. The van der Waals surface area contributed by atoms with E-state index in [0.29, 0.717) is 11.3 Å². The Morgan fingerprint density at radius 1 is 0.673 bits per heavy atom. The van der Waals surface area contributed by atoms with Gasteiger partial charge in [0, 0.05) is 50.0 Å². The number of fused-ring (bicyclic) bond motifs is 5. The molecule has 1 aliphatic heterocycles. The molecule has 0 saturated heterocycles. The maximum absolute atomic E-state index is 8.48. The minimum atomic E-state index is -2.42. The number of hydrogen-bond acceptors (Lipinski definition) is 2. The van der Waals surface area contributed by atoms with E-state index in [1.807, 2.05) is 36.4 Å². The summed E-state index contributed by atoms with van der Waals surface area (Å²) >= 11 is 0. The fourth-order valence-corrected chi connectivity index (χ4v) is 6.66. The summed E-state index contributed by atoms with van der Waals surface area (Å²) in [5.74, 6) is 0.918. The van der Waals surface area contributed by atoms with Crippen molar-refractivity contribution < 1.29 is 27.0 Å². The second-order valence-electron chi connectivity index (χ2n) is 13.6. The van der Waals surface area contributed by atoms with Crippen molar-refractivity contribution in [3.8, 4) is 61.7 Å². The van der Waals surface area contributed by atoms with Crippen molar-refractivity contribution in [3.05, 3.63) is 175 Å². The summed E-state index contributed by atoms with van der Waals surface area (Å²) in [6.45, 7) is 2.85. The monoisotopic (exact) mass is 855 g/mol. The minimum Gasteiger partial charge on any atom is -0.332 e. The minimum absolute atomic E-state index is 0. The van der Waals surface area contributed by atoms with Crippen LogP contribution in [0.4, 0.5) is 0 Å². The van der Waals surface area contributed by atoms with Gasteiger partial charge >= 0.3 is 0 Å². The summed E-state index contributed by atoms with van der Waals surface area (Å²) in [4.78, 5) is 9.28. The van der Waals surface area contributed by atoms with Gasteiger partial charge in [-0.2, -0.15) is 0 Å². The Bertz CT molecular complexity index is 2680. The zero-order chi connectivity index (χ0) is 39.2. The van der Waals surface area contributed by atoms with Crippen LogP contribution in [0, 0.1) is 24.4 Å². The Balaban J connectivity index is 0.000000184. The second kappa shape index (κ2) is 14.7. The van der Waals surface area contributed by atoms with E-state index in [0.717, 1.165) is 28.1 Å². The van der Waals surface area contributed by atoms with Crippen LogP contribution in [0.5, 0.6) is 0 Å². The van der Waals surface area contributed by atoms with Gasteiger partial charge in [-0.05, 0) is 70.4 Å². The number of hydrogen-bond donors (Lipinski definition) is 0. The molecule has 0 atom stereocenters. The number of benzene rings is 6. The number of para-hydroxylation sites is 2. The molecule has 2 aromatic heterocycles. The summed E-state index contributed by atoms with van der Waals surface area (Å²) in [6, 6.07) is 55.7. The summed E-state index contributed by atoms with van der Waals surface area (Å²) in [7, 11) is 0. The normalized spacial score (nSPS) is 13.3. The zero-order valence-corrected chi connectivity index (χ0v) is 31.5. The molecule has 0 aliphatic carbocycles. The van der Waals surface area contributed by atoms with Crippen molar-refractivity contribution in [3.63, 3.8) is 0 Å². The first-order chi connectivity index (χ1) is 26.8. The third kappa shape index (κ3) is 6.93.